The van der Waals surface area contributed by atoms with E-state index in [1.54, 1.807) is 11.0 Å². The number of hydrogen-bond donors (Lipinski definition) is 1. The van der Waals surface area contributed by atoms with Gasteiger partial charge in [0.15, 0.2) is 0 Å². The Morgan fingerprint density at radius 2 is 1.87 bits per heavy atom. The summed E-state index contributed by atoms with van der Waals surface area (Å²) in [4.78, 5) is 26.7. The maximum Gasteiger partial charge on any atom is 0.254 e. The molecule has 1 rings (SSSR count). The maximum absolute atomic E-state index is 13.7. The van der Waals surface area contributed by atoms with Crippen LogP contribution in [0.15, 0.2) is 24.3 Å². The molecule has 1 atom stereocenters. The minimum Gasteiger partial charge on any atom is -0.341 e. The van der Waals surface area contributed by atoms with Crippen molar-refractivity contribution in [3.63, 3.8) is 0 Å². The number of nitrogens with zero attached hydrogens (tertiary/aromatic N) is 1. The van der Waals surface area contributed by atoms with Gasteiger partial charge in [-0.3, -0.25) is 9.59 Å². The van der Waals surface area contributed by atoms with Crippen LogP contribution in [0.3, 0.4) is 0 Å². The van der Waals surface area contributed by atoms with E-state index in [9.17, 15) is 14.0 Å². The van der Waals surface area contributed by atoms with Gasteiger partial charge < -0.3 is 10.2 Å². The molecule has 5 heteroatoms. The number of rotatable bonds is 8. The summed E-state index contributed by atoms with van der Waals surface area (Å²) in [6.07, 6.45) is 1.92. The molecule has 0 fully saturated rings. The summed E-state index contributed by atoms with van der Waals surface area (Å²) >= 11 is 0. The van der Waals surface area contributed by atoms with Crippen LogP contribution in [0.4, 0.5) is 4.39 Å². The van der Waals surface area contributed by atoms with Gasteiger partial charge in [-0.2, -0.15) is 0 Å². The van der Waals surface area contributed by atoms with Gasteiger partial charge in [0.2, 0.25) is 5.91 Å². The summed E-state index contributed by atoms with van der Waals surface area (Å²) in [6.45, 7) is 9.00. The highest BCUT2D eigenvalue weighted by atomic mass is 19.1. The monoisotopic (exact) mass is 322 g/mol. The van der Waals surface area contributed by atoms with Gasteiger partial charge in [-0.1, -0.05) is 39.3 Å². The van der Waals surface area contributed by atoms with E-state index in [4.69, 9.17) is 0 Å². The number of hydrogen-bond acceptors (Lipinski definition) is 2. The van der Waals surface area contributed by atoms with E-state index in [-0.39, 0.29) is 17.4 Å². The molecule has 23 heavy (non-hydrogen) atoms. The van der Waals surface area contributed by atoms with Crippen molar-refractivity contribution in [1.29, 1.82) is 0 Å². The summed E-state index contributed by atoms with van der Waals surface area (Å²) in [6, 6.07) is 5.13. The molecule has 0 bridgehead atoms. The van der Waals surface area contributed by atoms with E-state index in [1.165, 1.54) is 18.2 Å². The summed E-state index contributed by atoms with van der Waals surface area (Å²) in [7, 11) is 0. The molecule has 0 aliphatic rings. The average molecular weight is 322 g/mol. The SMILES string of the molecule is CCCCN(CC)C(=O)C(NC(=O)c1ccccc1F)C(C)C. The average Bonchev–Trinajstić information content (AvgIpc) is 2.53. The molecule has 0 aromatic heterocycles. The lowest BCUT2D eigenvalue weighted by molar-refractivity contribution is -0.134. The Balaban J connectivity index is 2.88. The molecule has 1 aromatic rings. The number of carbonyl (C=O) groups excluding carboxylic acids is 2. The lowest BCUT2D eigenvalue weighted by atomic mass is 10.0. The molecule has 0 spiro atoms. The van der Waals surface area contributed by atoms with Gasteiger partial charge in [-0.25, -0.2) is 4.39 Å². The second-order valence-electron chi connectivity index (χ2n) is 5.95. The maximum atomic E-state index is 13.7. The Labute approximate surface area is 138 Å². The Morgan fingerprint density at radius 1 is 1.22 bits per heavy atom. The predicted molar refractivity (Wildman–Crippen MR) is 89.7 cm³/mol. The van der Waals surface area contributed by atoms with Crippen molar-refractivity contribution in [2.24, 2.45) is 5.92 Å². The van der Waals surface area contributed by atoms with Gasteiger partial charge in [-0.05, 0) is 31.4 Å². The Bertz CT molecular complexity index is 532. The fraction of sp³-hybridized carbons (Fsp3) is 0.556. The number of nitrogens with one attached hydrogen (secondary N) is 1. The summed E-state index contributed by atoms with van der Waals surface area (Å²) in [5, 5.41) is 2.69. The molecule has 1 N–H and O–H groups in total. The second kappa shape index (κ2) is 9.28. The molecule has 4 nitrogen and oxygen atoms in total. The van der Waals surface area contributed by atoms with Gasteiger partial charge in [0.25, 0.3) is 5.91 Å². The molecule has 0 aliphatic carbocycles. The molecule has 2 amide bonds. The molecular weight excluding hydrogens is 295 g/mol. The van der Waals surface area contributed by atoms with Gasteiger partial charge in [-0.15, -0.1) is 0 Å². The zero-order valence-electron chi connectivity index (χ0n) is 14.4. The highest BCUT2D eigenvalue weighted by Crippen LogP contribution is 2.11. The molecule has 1 aromatic carbocycles. The van der Waals surface area contributed by atoms with Crippen molar-refractivity contribution in [2.45, 2.75) is 46.6 Å². The predicted octanol–water partition coefficient (Wildman–Crippen LogP) is 3.23. The van der Waals surface area contributed by atoms with Gasteiger partial charge in [0.05, 0.1) is 5.56 Å². The molecular formula is C18H27FN2O2. The largest absolute Gasteiger partial charge is 0.341 e. The third-order valence-corrected chi connectivity index (χ3v) is 3.81. The zero-order valence-corrected chi connectivity index (χ0v) is 14.4. The van der Waals surface area contributed by atoms with Crippen molar-refractivity contribution < 1.29 is 14.0 Å². The summed E-state index contributed by atoms with van der Waals surface area (Å²) in [5.74, 6) is -1.32. The lowest BCUT2D eigenvalue weighted by Gasteiger charge is -2.29. The topological polar surface area (TPSA) is 49.4 Å². The van der Waals surface area contributed by atoms with Crippen LogP contribution in [0.2, 0.25) is 0 Å². The minimum absolute atomic E-state index is 0.0393. The van der Waals surface area contributed by atoms with E-state index >= 15 is 0 Å². The van der Waals surface area contributed by atoms with E-state index in [0.717, 1.165) is 12.8 Å². The van der Waals surface area contributed by atoms with Crippen molar-refractivity contribution in [3.05, 3.63) is 35.6 Å². The number of halogens is 1. The molecule has 0 saturated heterocycles. The number of unbranched alkanes of at least 4 members (excludes halogenated alkanes) is 1. The quantitative estimate of drug-likeness (QED) is 0.799. The van der Waals surface area contributed by atoms with Gasteiger partial charge in [0, 0.05) is 13.1 Å². The van der Waals surface area contributed by atoms with Crippen molar-refractivity contribution in [1.82, 2.24) is 10.2 Å². The minimum atomic E-state index is -0.654. The van der Waals surface area contributed by atoms with Crippen molar-refractivity contribution >= 4 is 11.8 Å². The molecule has 0 saturated carbocycles. The Hall–Kier alpha value is -1.91. The number of carbonyl (C=O) groups is 2. The van der Waals surface area contributed by atoms with Crippen LogP contribution < -0.4 is 5.32 Å². The number of likely N-dealkylation sites (N-methyl/N-ethyl adjacent to an activating group) is 1. The molecule has 0 heterocycles. The normalized spacial score (nSPS) is 12.1. The van der Waals surface area contributed by atoms with Crippen LogP contribution in [0.5, 0.6) is 0 Å². The highest BCUT2D eigenvalue weighted by molar-refractivity contribution is 5.97. The molecule has 1 unspecified atom stereocenters. The number of benzene rings is 1. The Kier molecular flexibility index (Phi) is 7.72. The molecule has 0 aliphatic heterocycles. The number of amides is 2. The first-order chi connectivity index (χ1) is 10.9. The fourth-order valence-electron chi connectivity index (χ4n) is 2.35. The van der Waals surface area contributed by atoms with Crippen molar-refractivity contribution in [2.75, 3.05) is 13.1 Å². The molecule has 0 radical (unpaired) electrons. The van der Waals surface area contributed by atoms with Crippen LogP contribution in [-0.2, 0) is 4.79 Å². The van der Waals surface area contributed by atoms with Crippen LogP contribution in [0.25, 0.3) is 0 Å². The van der Waals surface area contributed by atoms with E-state index in [0.29, 0.717) is 13.1 Å². The third kappa shape index (κ3) is 5.34. The lowest BCUT2D eigenvalue weighted by Crippen LogP contribution is -2.51. The van der Waals surface area contributed by atoms with Gasteiger partial charge >= 0.3 is 0 Å². The first-order valence-corrected chi connectivity index (χ1v) is 8.26. The van der Waals surface area contributed by atoms with Crippen LogP contribution in [0.1, 0.15) is 50.9 Å². The smallest absolute Gasteiger partial charge is 0.254 e. The van der Waals surface area contributed by atoms with Gasteiger partial charge in [0.1, 0.15) is 11.9 Å². The fourth-order valence-corrected chi connectivity index (χ4v) is 2.35. The van der Waals surface area contributed by atoms with Crippen LogP contribution in [0, 0.1) is 11.7 Å². The standard InChI is InChI=1S/C18H27FN2O2/c1-5-7-12-21(6-2)18(23)16(13(3)4)20-17(22)14-10-8-9-11-15(14)19/h8-11,13,16H,5-7,12H2,1-4H3,(H,20,22). The van der Waals surface area contributed by atoms with E-state index < -0.39 is 17.8 Å². The second-order valence-corrected chi connectivity index (χ2v) is 5.95. The first-order valence-electron chi connectivity index (χ1n) is 8.26. The molecule has 128 valence electrons. The van der Waals surface area contributed by atoms with Crippen molar-refractivity contribution in [3.8, 4) is 0 Å². The third-order valence-electron chi connectivity index (χ3n) is 3.81. The summed E-state index contributed by atoms with van der Waals surface area (Å²) < 4.78 is 13.7. The first kappa shape index (κ1) is 19.1. The summed E-state index contributed by atoms with van der Waals surface area (Å²) in [5.41, 5.74) is -0.0393. The van der Waals surface area contributed by atoms with Crippen LogP contribution >= 0.6 is 0 Å². The highest BCUT2D eigenvalue weighted by Gasteiger charge is 2.28. The van der Waals surface area contributed by atoms with E-state index in [2.05, 4.69) is 12.2 Å². The zero-order chi connectivity index (χ0) is 17.4. The Morgan fingerprint density at radius 3 is 2.39 bits per heavy atom. The van der Waals surface area contributed by atoms with E-state index in [1.807, 2.05) is 20.8 Å². The van der Waals surface area contributed by atoms with Crippen LogP contribution in [-0.4, -0.2) is 35.8 Å².